The molecule has 1 aliphatic rings. The summed E-state index contributed by atoms with van der Waals surface area (Å²) in [6.45, 7) is 6.49. The summed E-state index contributed by atoms with van der Waals surface area (Å²) in [5.74, 6) is -1.61. The van der Waals surface area contributed by atoms with Gasteiger partial charge in [0.25, 0.3) is 0 Å². The summed E-state index contributed by atoms with van der Waals surface area (Å²) in [4.78, 5) is 23.6. The molecule has 0 radical (unpaired) electrons. The van der Waals surface area contributed by atoms with Crippen molar-refractivity contribution in [3.63, 3.8) is 0 Å². The lowest BCUT2D eigenvalue weighted by molar-refractivity contribution is -0.161. The topological polar surface area (TPSA) is 63.6 Å². The van der Waals surface area contributed by atoms with Crippen molar-refractivity contribution >= 4 is 11.9 Å². The Morgan fingerprint density at radius 1 is 0.852 bits per heavy atom. The Morgan fingerprint density at radius 2 is 1.33 bits per heavy atom. The summed E-state index contributed by atoms with van der Waals surface area (Å²) in [6, 6.07) is 0. The normalized spacial score (nSPS) is 20.6. The van der Waals surface area contributed by atoms with Crippen molar-refractivity contribution < 1.29 is 19.4 Å². The molecule has 0 aromatic rings. The Labute approximate surface area is 165 Å². The van der Waals surface area contributed by atoms with Gasteiger partial charge in [-0.2, -0.15) is 0 Å². The minimum Gasteiger partial charge on any atom is -0.481 e. The van der Waals surface area contributed by atoms with Crippen molar-refractivity contribution in [3.8, 4) is 0 Å². The number of ether oxygens (including phenoxy) is 1. The minimum atomic E-state index is -0.904. The van der Waals surface area contributed by atoms with Gasteiger partial charge in [-0.05, 0) is 38.5 Å². The Balaban J connectivity index is 2.06. The molecule has 1 aliphatic carbocycles. The summed E-state index contributed by atoms with van der Waals surface area (Å²) in [5.41, 5.74) is 0. The van der Waals surface area contributed by atoms with Gasteiger partial charge in [-0.1, -0.05) is 77.4 Å². The van der Waals surface area contributed by atoms with Crippen molar-refractivity contribution in [3.05, 3.63) is 12.2 Å². The first-order chi connectivity index (χ1) is 12.9. The molecule has 0 aromatic heterocycles. The van der Waals surface area contributed by atoms with Gasteiger partial charge in [-0.25, -0.2) is 0 Å². The number of rotatable bonds is 14. The third kappa shape index (κ3) is 10.6. The summed E-state index contributed by atoms with van der Waals surface area (Å²) in [7, 11) is 0. The lowest BCUT2D eigenvalue weighted by Gasteiger charge is -2.25. The molecule has 0 aromatic carbocycles. The van der Waals surface area contributed by atoms with E-state index < -0.39 is 17.8 Å². The van der Waals surface area contributed by atoms with Crippen LogP contribution in [0.1, 0.15) is 97.8 Å². The standard InChI is InChI=1S/C23H40O4/c1-18(2)14-10-8-6-4-5-7-9-11-15-19(3)27-23(26)21-17-13-12-16-20(21)22(24)25/h12-13,18-21H,4-11,14-17H2,1-3H3,(H,24,25). The van der Waals surface area contributed by atoms with Crippen molar-refractivity contribution in [2.75, 3.05) is 0 Å². The highest BCUT2D eigenvalue weighted by atomic mass is 16.5. The second-order valence-electron chi connectivity index (χ2n) is 8.54. The largest absolute Gasteiger partial charge is 0.481 e. The number of esters is 1. The van der Waals surface area contributed by atoms with E-state index in [1.165, 1.54) is 51.4 Å². The van der Waals surface area contributed by atoms with Gasteiger partial charge in [-0.15, -0.1) is 0 Å². The van der Waals surface area contributed by atoms with Gasteiger partial charge >= 0.3 is 11.9 Å². The number of carbonyl (C=O) groups is 2. The maximum Gasteiger partial charge on any atom is 0.310 e. The zero-order valence-corrected chi connectivity index (χ0v) is 17.6. The number of carboxylic acid groups (broad SMARTS) is 1. The zero-order valence-electron chi connectivity index (χ0n) is 17.6. The molecule has 0 heterocycles. The molecular weight excluding hydrogens is 340 g/mol. The van der Waals surface area contributed by atoms with Crippen LogP contribution in [0, 0.1) is 17.8 Å². The third-order valence-corrected chi connectivity index (χ3v) is 5.51. The first kappa shape index (κ1) is 23.7. The predicted octanol–water partition coefficient (Wildman–Crippen LogP) is 6.14. The van der Waals surface area contributed by atoms with E-state index in [9.17, 15) is 14.7 Å². The summed E-state index contributed by atoms with van der Waals surface area (Å²) >= 11 is 0. The van der Waals surface area contributed by atoms with Gasteiger partial charge in [0.05, 0.1) is 17.9 Å². The molecule has 0 amide bonds. The second kappa shape index (κ2) is 13.8. The maximum absolute atomic E-state index is 12.3. The fourth-order valence-corrected chi connectivity index (χ4v) is 3.74. The van der Waals surface area contributed by atoms with Crippen molar-refractivity contribution in [1.82, 2.24) is 0 Å². The van der Waals surface area contributed by atoms with E-state index in [-0.39, 0.29) is 12.1 Å². The van der Waals surface area contributed by atoms with Crippen LogP contribution < -0.4 is 0 Å². The van der Waals surface area contributed by atoms with Crippen LogP contribution in [0.25, 0.3) is 0 Å². The molecule has 0 aliphatic heterocycles. The number of unbranched alkanes of at least 4 members (excludes halogenated alkanes) is 7. The Morgan fingerprint density at radius 3 is 1.85 bits per heavy atom. The van der Waals surface area contributed by atoms with E-state index in [1.807, 2.05) is 19.1 Å². The van der Waals surface area contributed by atoms with Gasteiger partial charge < -0.3 is 9.84 Å². The zero-order chi connectivity index (χ0) is 20.1. The molecule has 1 N–H and O–H groups in total. The Hall–Kier alpha value is -1.32. The van der Waals surface area contributed by atoms with Crippen LogP contribution in [0.15, 0.2) is 12.2 Å². The van der Waals surface area contributed by atoms with E-state index >= 15 is 0 Å². The molecule has 0 spiro atoms. The molecule has 1 rings (SSSR count). The van der Waals surface area contributed by atoms with E-state index in [2.05, 4.69) is 13.8 Å². The second-order valence-corrected chi connectivity index (χ2v) is 8.54. The molecule has 0 saturated carbocycles. The molecule has 0 saturated heterocycles. The first-order valence-corrected chi connectivity index (χ1v) is 11.0. The average Bonchev–Trinajstić information content (AvgIpc) is 2.62. The molecule has 156 valence electrons. The smallest absolute Gasteiger partial charge is 0.310 e. The van der Waals surface area contributed by atoms with Crippen LogP contribution in [-0.2, 0) is 14.3 Å². The molecule has 4 nitrogen and oxygen atoms in total. The van der Waals surface area contributed by atoms with Crippen molar-refractivity contribution in [2.24, 2.45) is 17.8 Å². The van der Waals surface area contributed by atoms with E-state index in [0.29, 0.717) is 12.8 Å². The third-order valence-electron chi connectivity index (χ3n) is 5.51. The quantitative estimate of drug-likeness (QED) is 0.223. The SMILES string of the molecule is CC(C)CCCCCCCCCCC(C)OC(=O)C1CC=CCC1C(=O)O. The minimum absolute atomic E-state index is 0.131. The van der Waals surface area contributed by atoms with Crippen LogP contribution in [0.3, 0.4) is 0 Å². The van der Waals surface area contributed by atoms with Crippen LogP contribution >= 0.6 is 0 Å². The van der Waals surface area contributed by atoms with Gasteiger partial charge in [0.1, 0.15) is 0 Å². The number of allylic oxidation sites excluding steroid dienone is 2. The fraction of sp³-hybridized carbons (Fsp3) is 0.826. The lowest BCUT2D eigenvalue weighted by atomic mass is 9.83. The summed E-state index contributed by atoms with van der Waals surface area (Å²) in [5, 5.41) is 9.27. The maximum atomic E-state index is 12.3. The van der Waals surface area contributed by atoms with Gasteiger partial charge in [0, 0.05) is 0 Å². The Kier molecular flexibility index (Phi) is 12.1. The van der Waals surface area contributed by atoms with E-state index in [0.717, 1.165) is 18.8 Å². The molecular formula is C23H40O4. The van der Waals surface area contributed by atoms with Crippen LogP contribution in [0.2, 0.25) is 0 Å². The molecule has 3 unspecified atom stereocenters. The van der Waals surface area contributed by atoms with Crippen molar-refractivity contribution in [1.29, 1.82) is 0 Å². The lowest BCUT2D eigenvalue weighted by Crippen LogP contribution is -2.33. The molecule has 0 fully saturated rings. The monoisotopic (exact) mass is 380 g/mol. The highest BCUT2D eigenvalue weighted by molar-refractivity contribution is 5.81. The summed E-state index contributed by atoms with van der Waals surface area (Å²) < 4.78 is 5.53. The highest BCUT2D eigenvalue weighted by Gasteiger charge is 2.35. The van der Waals surface area contributed by atoms with Gasteiger partial charge in [-0.3, -0.25) is 9.59 Å². The molecule has 4 heteroatoms. The highest BCUT2D eigenvalue weighted by Crippen LogP contribution is 2.27. The van der Waals surface area contributed by atoms with Crippen LogP contribution in [0.5, 0.6) is 0 Å². The average molecular weight is 381 g/mol. The van der Waals surface area contributed by atoms with E-state index in [4.69, 9.17) is 4.74 Å². The van der Waals surface area contributed by atoms with Crippen LogP contribution in [-0.4, -0.2) is 23.1 Å². The fourth-order valence-electron chi connectivity index (χ4n) is 3.74. The molecule has 3 atom stereocenters. The molecule has 27 heavy (non-hydrogen) atoms. The number of hydrogen-bond acceptors (Lipinski definition) is 3. The van der Waals surface area contributed by atoms with Gasteiger partial charge in [0.2, 0.25) is 0 Å². The predicted molar refractivity (Wildman–Crippen MR) is 110 cm³/mol. The molecule has 0 bridgehead atoms. The van der Waals surface area contributed by atoms with E-state index in [1.54, 1.807) is 0 Å². The first-order valence-electron chi connectivity index (χ1n) is 11.0. The Bertz CT molecular complexity index is 455. The summed E-state index contributed by atoms with van der Waals surface area (Å²) in [6.07, 6.45) is 16.9. The van der Waals surface area contributed by atoms with Crippen LogP contribution in [0.4, 0.5) is 0 Å². The van der Waals surface area contributed by atoms with Crippen molar-refractivity contribution in [2.45, 2.75) is 104 Å². The number of carboxylic acids is 1. The number of hydrogen-bond donors (Lipinski definition) is 1. The number of aliphatic carboxylic acids is 1. The van der Waals surface area contributed by atoms with Gasteiger partial charge in [0.15, 0.2) is 0 Å². The number of carbonyl (C=O) groups excluding carboxylic acids is 1.